The second kappa shape index (κ2) is 8.47. The van der Waals surface area contributed by atoms with Crippen LogP contribution in [-0.4, -0.2) is 30.6 Å². The van der Waals surface area contributed by atoms with Crippen LogP contribution in [0.4, 0.5) is 9.18 Å². The van der Waals surface area contributed by atoms with E-state index >= 15 is 0 Å². The van der Waals surface area contributed by atoms with Gasteiger partial charge in [0.1, 0.15) is 11.4 Å². The van der Waals surface area contributed by atoms with E-state index in [0.717, 1.165) is 11.1 Å². The molecule has 0 radical (unpaired) electrons. The first-order valence-corrected chi connectivity index (χ1v) is 9.45. The number of methoxy groups -OCH3 is 1. The van der Waals surface area contributed by atoms with E-state index in [1.54, 1.807) is 41.3 Å². The minimum Gasteiger partial charge on any atom is -0.465 e. The number of amides is 1. The molecule has 0 N–H and O–H groups in total. The molecule has 0 aliphatic carbocycles. The zero-order valence-electron chi connectivity index (χ0n) is 16.6. The maximum atomic E-state index is 13.3. The fourth-order valence-corrected chi connectivity index (χ4v) is 3.70. The van der Waals surface area contributed by atoms with Gasteiger partial charge < -0.3 is 14.4 Å². The number of halogens is 1. The average Bonchev–Trinajstić information content (AvgIpc) is 2.73. The fraction of sp³-hybridized carbons (Fsp3) is 0.304. The molecule has 0 bridgehead atoms. The molecule has 6 heteroatoms. The molecule has 0 spiro atoms. The largest absolute Gasteiger partial charge is 0.465 e. The van der Waals surface area contributed by atoms with Crippen molar-refractivity contribution >= 4 is 12.1 Å². The van der Waals surface area contributed by atoms with Gasteiger partial charge in [0.05, 0.1) is 18.7 Å². The second-order valence-corrected chi connectivity index (χ2v) is 7.10. The number of cyclic esters (lactones) is 1. The lowest BCUT2D eigenvalue weighted by Gasteiger charge is -2.43. The van der Waals surface area contributed by atoms with E-state index in [2.05, 4.69) is 6.58 Å². The summed E-state index contributed by atoms with van der Waals surface area (Å²) >= 11 is 0. The van der Waals surface area contributed by atoms with Crippen LogP contribution in [0.3, 0.4) is 0 Å². The number of hydrogen-bond donors (Lipinski definition) is 0. The highest BCUT2D eigenvalue weighted by Crippen LogP contribution is 2.39. The van der Waals surface area contributed by atoms with Crippen molar-refractivity contribution in [1.82, 2.24) is 4.90 Å². The topological polar surface area (TPSA) is 55.8 Å². The number of carbonyl (C=O) groups excluding carboxylic acids is 2. The summed E-state index contributed by atoms with van der Waals surface area (Å²) in [6.07, 6.45) is 2.22. The molecule has 0 unspecified atom stereocenters. The van der Waals surface area contributed by atoms with Gasteiger partial charge in [-0.25, -0.2) is 14.0 Å². The summed E-state index contributed by atoms with van der Waals surface area (Å²) in [4.78, 5) is 26.3. The highest BCUT2D eigenvalue weighted by atomic mass is 19.1. The van der Waals surface area contributed by atoms with Crippen molar-refractivity contribution in [2.45, 2.75) is 31.4 Å². The lowest BCUT2D eigenvalue weighted by atomic mass is 9.85. The van der Waals surface area contributed by atoms with Crippen LogP contribution in [0, 0.1) is 5.82 Å². The SMILES string of the molecule is C=CC[C@]1(c2ccc(F)cc2)CCN([C@@H](C)c2cccc(C(=O)OC)c2)C(=O)O1. The average molecular weight is 397 g/mol. The van der Waals surface area contributed by atoms with Crippen LogP contribution in [0.1, 0.15) is 47.3 Å². The van der Waals surface area contributed by atoms with E-state index in [4.69, 9.17) is 9.47 Å². The maximum Gasteiger partial charge on any atom is 0.411 e. The molecule has 1 aliphatic heterocycles. The third-order valence-corrected chi connectivity index (χ3v) is 5.38. The van der Waals surface area contributed by atoms with Crippen LogP contribution in [0.25, 0.3) is 0 Å². The molecule has 2 atom stereocenters. The fourth-order valence-electron chi connectivity index (χ4n) is 3.70. The Morgan fingerprint density at radius 1 is 1.34 bits per heavy atom. The predicted molar refractivity (Wildman–Crippen MR) is 107 cm³/mol. The van der Waals surface area contributed by atoms with Crippen LogP contribution in [-0.2, 0) is 15.1 Å². The quantitative estimate of drug-likeness (QED) is 0.509. The summed E-state index contributed by atoms with van der Waals surface area (Å²) in [5, 5.41) is 0. The zero-order valence-corrected chi connectivity index (χ0v) is 16.6. The smallest absolute Gasteiger partial charge is 0.411 e. The molecular weight excluding hydrogens is 373 g/mol. The molecule has 1 heterocycles. The number of esters is 1. The number of rotatable bonds is 6. The Kier molecular flexibility index (Phi) is 6.01. The predicted octanol–water partition coefficient (Wildman–Crippen LogP) is 4.99. The molecule has 1 saturated heterocycles. The second-order valence-electron chi connectivity index (χ2n) is 7.10. The molecule has 1 aliphatic rings. The van der Waals surface area contributed by atoms with Crippen molar-refractivity contribution in [3.05, 3.63) is 83.7 Å². The highest BCUT2D eigenvalue weighted by molar-refractivity contribution is 5.89. The van der Waals surface area contributed by atoms with Gasteiger partial charge in [0.25, 0.3) is 0 Å². The van der Waals surface area contributed by atoms with Gasteiger partial charge in [-0.1, -0.05) is 30.3 Å². The van der Waals surface area contributed by atoms with Gasteiger partial charge in [-0.15, -0.1) is 6.58 Å². The minimum atomic E-state index is -0.864. The molecule has 2 aromatic carbocycles. The van der Waals surface area contributed by atoms with Crippen molar-refractivity contribution in [2.24, 2.45) is 0 Å². The summed E-state index contributed by atoms with van der Waals surface area (Å²) in [6, 6.07) is 12.7. The lowest BCUT2D eigenvalue weighted by molar-refractivity contribution is -0.0588. The molecule has 29 heavy (non-hydrogen) atoms. The van der Waals surface area contributed by atoms with E-state index in [-0.39, 0.29) is 11.9 Å². The number of nitrogens with zero attached hydrogens (tertiary/aromatic N) is 1. The van der Waals surface area contributed by atoms with Gasteiger partial charge in [0, 0.05) is 19.4 Å². The molecule has 3 rings (SSSR count). The summed E-state index contributed by atoms with van der Waals surface area (Å²) in [5.41, 5.74) is 1.11. The Labute approximate surface area is 169 Å². The van der Waals surface area contributed by atoms with Crippen molar-refractivity contribution in [3.63, 3.8) is 0 Å². The van der Waals surface area contributed by atoms with Gasteiger partial charge in [-0.05, 0) is 42.3 Å². The summed E-state index contributed by atoms with van der Waals surface area (Å²) < 4.78 is 24.0. The van der Waals surface area contributed by atoms with E-state index in [1.807, 2.05) is 13.0 Å². The van der Waals surface area contributed by atoms with E-state index in [1.165, 1.54) is 19.2 Å². The van der Waals surface area contributed by atoms with Gasteiger partial charge in [-0.3, -0.25) is 0 Å². The van der Waals surface area contributed by atoms with Gasteiger partial charge in [-0.2, -0.15) is 0 Å². The van der Waals surface area contributed by atoms with Crippen LogP contribution >= 0.6 is 0 Å². The van der Waals surface area contributed by atoms with Crippen LogP contribution < -0.4 is 0 Å². The minimum absolute atomic E-state index is 0.290. The van der Waals surface area contributed by atoms with E-state index < -0.39 is 17.7 Å². The van der Waals surface area contributed by atoms with Gasteiger partial charge >= 0.3 is 12.1 Å². The van der Waals surface area contributed by atoms with E-state index in [9.17, 15) is 14.0 Å². The zero-order chi connectivity index (χ0) is 21.0. The summed E-state index contributed by atoms with van der Waals surface area (Å²) in [7, 11) is 1.33. The Morgan fingerprint density at radius 3 is 2.69 bits per heavy atom. The number of benzene rings is 2. The maximum absolute atomic E-state index is 13.3. The third-order valence-electron chi connectivity index (χ3n) is 5.38. The molecule has 2 aromatic rings. The first-order chi connectivity index (χ1) is 13.9. The van der Waals surface area contributed by atoms with Gasteiger partial charge in [0.15, 0.2) is 0 Å². The summed E-state index contributed by atoms with van der Waals surface area (Å²) in [5.74, 6) is -0.771. The Balaban J connectivity index is 1.83. The molecule has 0 aromatic heterocycles. The molecule has 1 amide bonds. The number of ether oxygens (including phenoxy) is 2. The molecular formula is C23H24FNO4. The number of carbonyl (C=O) groups is 2. The van der Waals surface area contributed by atoms with Crippen molar-refractivity contribution < 1.29 is 23.5 Å². The Morgan fingerprint density at radius 2 is 2.07 bits per heavy atom. The third kappa shape index (κ3) is 4.16. The first kappa shape index (κ1) is 20.6. The highest BCUT2D eigenvalue weighted by Gasteiger charge is 2.42. The Bertz CT molecular complexity index is 911. The molecule has 5 nitrogen and oxygen atoms in total. The Hall–Kier alpha value is -3.15. The molecule has 1 fully saturated rings. The van der Waals surface area contributed by atoms with Crippen LogP contribution in [0.5, 0.6) is 0 Å². The lowest BCUT2D eigenvalue weighted by Crippen LogP contribution is -2.48. The van der Waals surface area contributed by atoms with Crippen LogP contribution in [0.15, 0.2) is 61.2 Å². The monoisotopic (exact) mass is 397 g/mol. The molecule has 152 valence electrons. The first-order valence-electron chi connectivity index (χ1n) is 9.45. The van der Waals surface area contributed by atoms with E-state index in [0.29, 0.717) is 24.9 Å². The van der Waals surface area contributed by atoms with Crippen LogP contribution in [0.2, 0.25) is 0 Å². The summed E-state index contributed by atoms with van der Waals surface area (Å²) in [6.45, 7) is 6.12. The standard InChI is InChI=1S/C23H24FNO4/c1-4-12-23(19-8-10-20(24)11-9-19)13-14-25(22(27)29-23)16(2)17-6-5-7-18(15-17)21(26)28-3/h4-11,15-16H,1,12-14H2,2-3H3/t16-,23+/m0/s1. The van der Waals surface area contributed by atoms with Crippen molar-refractivity contribution in [2.75, 3.05) is 13.7 Å². The number of hydrogen-bond acceptors (Lipinski definition) is 4. The van der Waals surface area contributed by atoms with Crippen molar-refractivity contribution in [3.8, 4) is 0 Å². The molecule has 0 saturated carbocycles. The van der Waals surface area contributed by atoms with Crippen molar-refractivity contribution in [1.29, 1.82) is 0 Å². The normalized spacial score (nSPS) is 20.0. The van der Waals surface area contributed by atoms with Gasteiger partial charge in [0.2, 0.25) is 0 Å².